The van der Waals surface area contributed by atoms with Gasteiger partial charge in [-0.1, -0.05) is 0 Å². The molecule has 0 aliphatic heterocycles. The predicted molar refractivity (Wildman–Crippen MR) is 94.0 cm³/mol. The van der Waals surface area contributed by atoms with Gasteiger partial charge in [0.05, 0.1) is 0 Å². The molecule has 6 unspecified atom stereocenters. The average molecular weight is 415 g/mol. The first-order chi connectivity index (χ1) is 10.8. The maximum atomic E-state index is 2.66. The van der Waals surface area contributed by atoms with Crippen LogP contribution in [0.4, 0.5) is 0 Å². The first-order valence-corrected chi connectivity index (χ1v) is 15.8. The number of halogens is 2. The summed E-state index contributed by atoms with van der Waals surface area (Å²) in [6, 6.07) is 0. The van der Waals surface area contributed by atoms with Crippen LogP contribution in [0.1, 0.15) is 25.7 Å². The molecule has 130 valence electrons. The summed E-state index contributed by atoms with van der Waals surface area (Å²) in [6.07, 6.45) is 25.4. The molecule has 6 atom stereocenters. The Morgan fingerprint density at radius 2 is 1.08 bits per heavy atom. The molecule has 0 amide bonds. The van der Waals surface area contributed by atoms with E-state index in [1.165, 1.54) is 12.8 Å². The van der Waals surface area contributed by atoms with Crippen LogP contribution in [0.5, 0.6) is 0 Å². The second-order valence-corrected chi connectivity index (χ2v) is 20.6. The molecule has 4 heteroatoms. The summed E-state index contributed by atoms with van der Waals surface area (Å²) >= 11 is -1.00. The fraction of sp³-hybridized carbons (Fsp3) is 0.600. The first kappa shape index (κ1) is 20.8. The van der Waals surface area contributed by atoms with Crippen LogP contribution in [0, 0.1) is 23.7 Å². The van der Waals surface area contributed by atoms with E-state index in [1.807, 2.05) is 0 Å². The summed E-state index contributed by atoms with van der Waals surface area (Å²) in [7, 11) is 0. The summed E-state index contributed by atoms with van der Waals surface area (Å²) in [4.78, 5) is 0. The van der Waals surface area contributed by atoms with E-state index in [-0.39, 0.29) is 31.0 Å². The standard InChI is InChI=1S/2C9H11.C2H6Si.2ClH.Ti/c2*1-2-5-9-7-3-6-8(9)4-1;1-3-2;;;/h2*1-2,4-6,8-9H,3,7H2;1-2H3;2*1H;/q;;;;;+2/p-2. The molecule has 0 aromatic heterocycles. The maximum absolute atomic E-state index is 2.66. The van der Waals surface area contributed by atoms with E-state index in [0.29, 0.717) is 0 Å². The van der Waals surface area contributed by atoms with Gasteiger partial charge in [0.2, 0.25) is 0 Å². The number of hydrogen-bond acceptors (Lipinski definition) is 0. The molecule has 0 nitrogen and oxygen atoms in total. The SMILES string of the molecule is C[Si](C)=[Ti+2]([CH]1CCC2C=CC=CC21)[CH]1CCC2C=CC=CC21.[Cl-].[Cl-]. The third-order valence-electron chi connectivity index (χ3n) is 6.52. The van der Waals surface area contributed by atoms with Crippen molar-refractivity contribution in [3.05, 3.63) is 48.6 Å². The molecule has 0 aromatic rings. The van der Waals surface area contributed by atoms with E-state index < -0.39 is 16.6 Å². The minimum absolute atomic E-state index is 0. The summed E-state index contributed by atoms with van der Waals surface area (Å²) in [6.45, 7) is 5.32. The molecule has 2 saturated carbocycles. The Morgan fingerprint density at radius 3 is 1.50 bits per heavy atom. The summed E-state index contributed by atoms with van der Waals surface area (Å²) < 4.78 is 2.25. The monoisotopic (exact) mass is 414 g/mol. The zero-order valence-corrected chi connectivity index (χ0v) is 18.7. The quantitative estimate of drug-likeness (QED) is 0.546. The molecule has 24 heavy (non-hydrogen) atoms. The van der Waals surface area contributed by atoms with E-state index in [1.54, 1.807) is 12.8 Å². The molecule has 0 aromatic carbocycles. The molecule has 4 aliphatic carbocycles. The maximum Gasteiger partial charge on any atom is -1.00 e. The molecule has 4 aliphatic rings. The molecular weight excluding hydrogens is 387 g/mol. The fourth-order valence-corrected chi connectivity index (χ4v) is 21.6. The van der Waals surface area contributed by atoms with Gasteiger partial charge in [0.25, 0.3) is 0 Å². The van der Waals surface area contributed by atoms with Crippen molar-refractivity contribution in [2.24, 2.45) is 23.7 Å². The summed E-state index contributed by atoms with van der Waals surface area (Å²) in [5.41, 5.74) is 0. The molecule has 0 bridgehead atoms. The van der Waals surface area contributed by atoms with Crippen molar-refractivity contribution in [2.75, 3.05) is 0 Å². The van der Waals surface area contributed by atoms with Crippen molar-refractivity contribution in [1.29, 1.82) is 0 Å². The summed E-state index contributed by atoms with van der Waals surface area (Å²) in [5.74, 6) is 3.61. The number of fused-ring (bicyclic) bond motifs is 2. The largest absolute Gasteiger partial charge is 1.00 e. The van der Waals surface area contributed by atoms with Crippen LogP contribution < -0.4 is 24.8 Å². The Labute approximate surface area is 166 Å². The van der Waals surface area contributed by atoms with Gasteiger partial charge in [0, 0.05) is 0 Å². The topological polar surface area (TPSA) is 0 Å². The van der Waals surface area contributed by atoms with Gasteiger partial charge in [-0.05, 0) is 0 Å². The predicted octanol–water partition coefficient (Wildman–Crippen LogP) is -0.255. The van der Waals surface area contributed by atoms with E-state index in [9.17, 15) is 0 Å². The van der Waals surface area contributed by atoms with Gasteiger partial charge < -0.3 is 24.8 Å². The van der Waals surface area contributed by atoms with E-state index in [4.69, 9.17) is 0 Å². The molecule has 0 spiro atoms. The van der Waals surface area contributed by atoms with Gasteiger partial charge in [-0.15, -0.1) is 0 Å². The van der Waals surface area contributed by atoms with Crippen LogP contribution in [0.25, 0.3) is 0 Å². The Kier molecular flexibility index (Phi) is 7.71. The molecule has 0 heterocycles. The zero-order valence-electron chi connectivity index (χ0n) is 14.7. The second kappa shape index (κ2) is 8.91. The summed E-state index contributed by atoms with van der Waals surface area (Å²) in [5, 5.41) is 0. The average Bonchev–Trinajstić information content (AvgIpc) is 3.13. The van der Waals surface area contributed by atoms with Gasteiger partial charge >= 0.3 is 142 Å². The van der Waals surface area contributed by atoms with Crippen molar-refractivity contribution in [3.63, 3.8) is 0 Å². The zero-order chi connectivity index (χ0) is 15.1. The van der Waals surface area contributed by atoms with Crippen molar-refractivity contribution in [3.8, 4) is 0 Å². The Hall–Kier alpha value is 0.471. The number of rotatable bonds is 2. The molecule has 0 radical (unpaired) electrons. The van der Waals surface area contributed by atoms with Crippen molar-refractivity contribution < 1.29 is 41.4 Å². The molecular formula is C20H28Cl2SiTi. The van der Waals surface area contributed by atoms with Crippen LogP contribution in [-0.4, -0.2) is 6.19 Å². The van der Waals surface area contributed by atoms with Gasteiger partial charge in [0.15, 0.2) is 0 Å². The Bertz CT molecular complexity index is 555. The Balaban J connectivity index is 0.00000104. The molecule has 2 fully saturated rings. The Morgan fingerprint density at radius 1 is 0.667 bits per heavy atom. The van der Waals surface area contributed by atoms with Gasteiger partial charge in [-0.25, -0.2) is 0 Å². The van der Waals surface area contributed by atoms with E-state index >= 15 is 0 Å². The van der Waals surface area contributed by atoms with Crippen LogP contribution >= 0.6 is 0 Å². The molecule has 0 N–H and O–H groups in total. The second-order valence-electron chi connectivity index (χ2n) is 7.85. The number of hydrogen-bond donors (Lipinski definition) is 0. The van der Waals surface area contributed by atoms with Crippen LogP contribution in [0.15, 0.2) is 48.6 Å². The van der Waals surface area contributed by atoms with Gasteiger partial charge in [0.1, 0.15) is 0 Å². The minimum Gasteiger partial charge on any atom is -1.00 e. The number of allylic oxidation sites excluding steroid dienone is 8. The van der Waals surface area contributed by atoms with Crippen molar-refractivity contribution in [2.45, 2.75) is 47.2 Å². The van der Waals surface area contributed by atoms with E-state index in [0.717, 1.165) is 32.1 Å². The van der Waals surface area contributed by atoms with Crippen LogP contribution in [0.3, 0.4) is 0 Å². The van der Waals surface area contributed by atoms with Crippen molar-refractivity contribution in [1.82, 2.24) is 0 Å². The van der Waals surface area contributed by atoms with Gasteiger partial charge in [-0.2, -0.15) is 0 Å². The third kappa shape index (κ3) is 3.76. The minimum atomic E-state index is -1.00. The molecule has 4 rings (SSSR count). The van der Waals surface area contributed by atoms with E-state index in [2.05, 4.69) is 61.7 Å². The third-order valence-corrected chi connectivity index (χ3v) is 20.7. The fourth-order valence-electron chi connectivity index (χ4n) is 5.65. The normalized spacial score (nSPS) is 37.7. The smallest absolute Gasteiger partial charge is 1.00 e. The first-order valence-electron chi connectivity index (χ1n) is 9.13. The van der Waals surface area contributed by atoms with Crippen LogP contribution in [-0.2, 0) is 16.6 Å². The van der Waals surface area contributed by atoms with Gasteiger partial charge in [-0.3, -0.25) is 0 Å². The van der Waals surface area contributed by atoms with Crippen LogP contribution in [0.2, 0.25) is 21.5 Å². The molecule has 0 saturated heterocycles. The van der Waals surface area contributed by atoms with Crippen molar-refractivity contribution >= 4 is 6.19 Å².